The predicted molar refractivity (Wildman–Crippen MR) is 265 cm³/mol. The molecular formula is C61H38F2N2. The fourth-order valence-corrected chi connectivity index (χ4v) is 11.1. The number of hydrogen-bond donors (Lipinski definition) is 0. The van der Waals surface area contributed by atoms with E-state index in [4.69, 9.17) is 0 Å². The van der Waals surface area contributed by atoms with Gasteiger partial charge >= 0.3 is 0 Å². The number of nitrogens with zero attached hydrogens (tertiary/aromatic N) is 2. The van der Waals surface area contributed by atoms with Gasteiger partial charge in [0.25, 0.3) is 0 Å². The normalized spacial score (nSPS) is 12.9. The number of anilines is 6. The summed E-state index contributed by atoms with van der Waals surface area (Å²) in [7, 11) is 0. The standard InChI is InChI=1S/C61H38F2N2/c62-41-27-31-43(32-28-41)64(57-25-11-15-39-13-1-3-17-46(39)57)45-35-36-52-55(37-45)61(53-23-9-7-19-48(53)49-20-8-10-24-54(49)61)56-38-59(50-21-5-6-22-51(50)60(52)56)65(44-33-29-42(63)30-34-44)58-26-12-16-40-14-2-4-18-47(40)58/h1-38H. The molecule has 0 saturated heterocycles. The smallest absolute Gasteiger partial charge is 0.123 e. The molecule has 0 amide bonds. The van der Waals surface area contributed by atoms with Crippen molar-refractivity contribution in [3.8, 4) is 22.3 Å². The topological polar surface area (TPSA) is 6.48 Å². The highest BCUT2D eigenvalue weighted by Crippen LogP contribution is 2.65. The lowest BCUT2D eigenvalue weighted by Crippen LogP contribution is -2.26. The minimum Gasteiger partial charge on any atom is -0.310 e. The largest absolute Gasteiger partial charge is 0.310 e. The van der Waals surface area contributed by atoms with E-state index in [2.05, 4.69) is 192 Å². The molecule has 0 N–H and O–H groups in total. The van der Waals surface area contributed by atoms with Crippen LogP contribution in [-0.4, -0.2) is 0 Å². The minimum atomic E-state index is -0.729. The average molecular weight is 837 g/mol. The van der Waals surface area contributed by atoms with Crippen molar-refractivity contribution in [3.05, 3.63) is 264 Å². The molecule has 4 heteroatoms. The Labute approximate surface area is 375 Å². The SMILES string of the molecule is Fc1ccc(N(c2ccc3c(c2)C2(c4ccccc4-c4ccccc42)c2cc(N(c4ccc(F)cc4)c4cccc5ccccc45)c4ccccc4c2-3)c2cccc3ccccc23)cc1. The van der Waals surface area contributed by atoms with E-state index in [-0.39, 0.29) is 11.6 Å². The summed E-state index contributed by atoms with van der Waals surface area (Å²) in [5.74, 6) is -0.567. The van der Waals surface area contributed by atoms with E-state index in [0.717, 1.165) is 72.0 Å². The van der Waals surface area contributed by atoms with Gasteiger partial charge in [-0.1, -0.05) is 152 Å². The Kier molecular flexibility index (Phi) is 8.22. The van der Waals surface area contributed by atoms with Gasteiger partial charge in [0.1, 0.15) is 11.6 Å². The van der Waals surface area contributed by atoms with Crippen molar-refractivity contribution in [1.29, 1.82) is 0 Å². The third kappa shape index (κ3) is 5.44. The first kappa shape index (κ1) is 37.2. The van der Waals surface area contributed by atoms with E-state index in [1.165, 1.54) is 51.1 Å². The molecule has 0 atom stereocenters. The fraction of sp³-hybridized carbons (Fsp3) is 0.0164. The van der Waals surface area contributed by atoms with E-state index in [1.807, 2.05) is 24.3 Å². The number of fused-ring (bicyclic) bond motifs is 14. The number of hydrogen-bond acceptors (Lipinski definition) is 2. The van der Waals surface area contributed by atoms with E-state index >= 15 is 0 Å². The molecular weight excluding hydrogens is 799 g/mol. The first-order chi connectivity index (χ1) is 32.1. The number of rotatable bonds is 6. The molecule has 11 aromatic rings. The van der Waals surface area contributed by atoms with Crippen molar-refractivity contribution >= 4 is 66.4 Å². The van der Waals surface area contributed by atoms with Crippen LogP contribution in [0.3, 0.4) is 0 Å². The molecule has 0 saturated carbocycles. The second-order valence-corrected chi connectivity index (χ2v) is 17.1. The lowest BCUT2D eigenvalue weighted by atomic mass is 9.70. The van der Waals surface area contributed by atoms with Gasteiger partial charge in [-0.05, 0) is 140 Å². The quantitative estimate of drug-likeness (QED) is 0.165. The van der Waals surface area contributed by atoms with E-state index in [1.54, 1.807) is 12.1 Å². The summed E-state index contributed by atoms with van der Waals surface area (Å²) in [6, 6.07) is 79.2. The van der Waals surface area contributed by atoms with Crippen molar-refractivity contribution in [3.63, 3.8) is 0 Å². The van der Waals surface area contributed by atoms with Gasteiger partial charge in [-0.3, -0.25) is 0 Å². The first-order valence-corrected chi connectivity index (χ1v) is 22.1. The summed E-state index contributed by atoms with van der Waals surface area (Å²) in [4.78, 5) is 4.59. The van der Waals surface area contributed by atoms with Crippen molar-refractivity contribution in [2.24, 2.45) is 0 Å². The van der Waals surface area contributed by atoms with Gasteiger partial charge in [0.05, 0.1) is 22.5 Å². The molecule has 0 unspecified atom stereocenters. The van der Waals surface area contributed by atoms with Crippen molar-refractivity contribution in [1.82, 2.24) is 0 Å². The first-order valence-electron chi connectivity index (χ1n) is 22.1. The maximum absolute atomic E-state index is 14.8. The Morgan fingerprint density at radius 1 is 0.292 bits per heavy atom. The van der Waals surface area contributed by atoms with Crippen molar-refractivity contribution in [2.75, 3.05) is 9.80 Å². The van der Waals surface area contributed by atoms with Crippen LogP contribution in [0.25, 0.3) is 54.6 Å². The molecule has 0 aliphatic heterocycles. The van der Waals surface area contributed by atoms with E-state index in [9.17, 15) is 8.78 Å². The minimum absolute atomic E-state index is 0.282. The van der Waals surface area contributed by atoms with Crippen LogP contribution >= 0.6 is 0 Å². The Balaban J connectivity index is 1.15. The highest BCUT2D eigenvalue weighted by molar-refractivity contribution is 6.14. The van der Waals surface area contributed by atoms with Crippen LogP contribution in [-0.2, 0) is 5.41 Å². The van der Waals surface area contributed by atoms with E-state index in [0.29, 0.717) is 0 Å². The maximum Gasteiger partial charge on any atom is 0.123 e. The van der Waals surface area contributed by atoms with E-state index < -0.39 is 5.41 Å². The summed E-state index contributed by atoms with van der Waals surface area (Å²) in [5, 5.41) is 6.64. The summed E-state index contributed by atoms with van der Waals surface area (Å²) in [6.45, 7) is 0. The van der Waals surface area contributed by atoms with Crippen LogP contribution < -0.4 is 9.80 Å². The lowest BCUT2D eigenvalue weighted by Gasteiger charge is -2.34. The lowest BCUT2D eigenvalue weighted by molar-refractivity contribution is 0.627. The highest BCUT2D eigenvalue weighted by atomic mass is 19.1. The average Bonchev–Trinajstić information content (AvgIpc) is 3.82. The monoisotopic (exact) mass is 836 g/mol. The van der Waals surface area contributed by atoms with Gasteiger partial charge < -0.3 is 9.80 Å². The van der Waals surface area contributed by atoms with Gasteiger partial charge in [-0.25, -0.2) is 8.78 Å². The zero-order valence-corrected chi connectivity index (χ0v) is 35.1. The number of halogens is 2. The molecule has 0 fully saturated rings. The zero-order valence-electron chi connectivity index (χ0n) is 35.1. The molecule has 0 radical (unpaired) electrons. The molecule has 2 aliphatic carbocycles. The Morgan fingerprint density at radius 3 is 1.35 bits per heavy atom. The van der Waals surface area contributed by atoms with Crippen LogP contribution in [0.1, 0.15) is 22.3 Å². The third-order valence-corrected chi connectivity index (χ3v) is 13.7. The molecule has 0 heterocycles. The highest BCUT2D eigenvalue weighted by Gasteiger charge is 2.52. The molecule has 0 aromatic heterocycles. The number of benzene rings is 11. The van der Waals surface area contributed by atoms with Gasteiger partial charge in [0.2, 0.25) is 0 Å². The van der Waals surface area contributed by atoms with Crippen molar-refractivity contribution < 1.29 is 8.78 Å². The Morgan fingerprint density at radius 2 is 0.754 bits per heavy atom. The third-order valence-electron chi connectivity index (χ3n) is 13.7. The maximum atomic E-state index is 14.8. The van der Waals surface area contributed by atoms with Gasteiger partial charge in [0, 0.05) is 33.2 Å². The molecule has 11 aromatic carbocycles. The van der Waals surface area contributed by atoms with Gasteiger partial charge in [-0.15, -0.1) is 0 Å². The predicted octanol–water partition coefficient (Wildman–Crippen LogP) is 16.7. The molecule has 1 spiro atoms. The van der Waals surface area contributed by atoms with Crippen LogP contribution in [0.4, 0.5) is 42.9 Å². The van der Waals surface area contributed by atoms with Crippen molar-refractivity contribution in [2.45, 2.75) is 5.41 Å². The Bertz CT molecular complexity index is 3650. The Hall–Kier alpha value is -8.34. The molecule has 0 bridgehead atoms. The van der Waals surface area contributed by atoms with Crippen LogP contribution in [0, 0.1) is 11.6 Å². The molecule has 65 heavy (non-hydrogen) atoms. The molecule has 306 valence electrons. The van der Waals surface area contributed by atoms with Crippen LogP contribution in [0.5, 0.6) is 0 Å². The summed E-state index contributed by atoms with van der Waals surface area (Å²) in [5.41, 5.74) is 14.5. The summed E-state index contributed by atoms with van der Waals surface area (Å²) in [6.07, 6.45) is 0. The summed E-state index contributed by atoms with van der Waals surface area (Å²) >= 11 is 0. The summed E-state index contributed by atoms with van der Waals surface area (Å²) < 4.78 is 29.5. The van der Waals surface area contributed by atoms with Crippen LogP contribution in [0.15, 0.2) is 231 Å². The second-order valence-electron chi connectivity index (χ2n) is 17.1. The second kappa shape index (κ2) is 14.3. The zero-order chi connectivity index (χ0) is 43.2. The molecule has 13 rings (SSSR count). The van der Waals surface area contributed by atoms with Crippen LogP contribution in [0.2, 0.25) is 0 Å². The molecule has 2 nitrogen and oxygen atoms in total. The van der Waals surface area contributed by atoms with Gasteiger partial charge in [0.15, 0.2) is 0 Å². The van der Waals surface area contributed by atoms with Gasteiger partial charge in [-0.2, -0.15) is 0 Å². The molecule has 2 aliphatic rings. The fourth-order valence-electron chi connectivity index (χ4n) is 11.1.